The number of aromatic nitrogens is 2. The van der Waals surface area contributed by atoms with Gasteiger partial charge in [-0.2, -0.15) is 5.10 Å². The van der Waals surface area contributed by atoms with Crippen molar-refractivity contribution in [3.05, 3.63) is 52.5 Å². The van der Waals surface area contributed by atoms with E-state index >= 15 is 0 Å². The Labute approximate surface area is 149 Å². The van der Waals surface area contributed by atoms with Gasteiger partial charge in [-0.15, -0.1) is 11.3 Å². The fourth-order valence-electron chi connectivity index (χ4n) is 2.63. The largest absolute Gasteiger partial charge is 0.481 e. The quantitative estimate of drug-likeness (QED) is 0.736. The lowest BCUT2D eigenvalue weighted by Crippen LogP contribution is -2.28. The van der Waals surface area contributed by atoms with Gasteiger partial charge in [-0.25, -0.2) is 0 Å². The van der Waals surface area contributed by atoms with Crippen molar-refractivity contribution in [3.8, 4) is 0 Å². The number of carbonyl (C=O) groups excluding carboxylic acids is 1. The van der Waals surface area contributed by atoms with Gasteiger partial charge in [0.15, 0.2) is 0 Å². The second-order valence-electron chi connectivity index (χ2n) is 5.93. The number of carboxylic acids is 1. The molecule has 0 atom stereocenters. The van der Waals surface area contributed by atoms with Crippen molar-refractivity contribution < 1.29 is 14.7 Å². The lowest BCUT2D eigenvalue weighted by molar-refractivity contribution is -0.137. The van der Waals surface area contributed by atoms with Gasteiger partial charge in [0, 0.05) is 19.0 Å². The third kappa shape index (κ3) is 3.71. The summed E-state index contributed by atoms with van der Waals surface area (Å²) in [5, 5.41) is 14.3. The van der Waals surface area contributed by atoms with Crippen LogP contribution in [0.2, 0.25) is 0 Å². The zero-order valence-electron chi connectivity index (χ0n) is 14.1. The maximum Gasteiger partial charge on any atom is 0.305 e. The van der Waals surface area contributed by atoms with Crippen LogP contribution in [0.3, 0.4) is 0 Å². The number of carboxylic acid groups (broad SMARTS) is 1. The SMILES string of the molecule is Cc1nn(Cc2ccccc2)c2sc(C(=O)N(C)CCC(=O)O)cc12. The average molecular weight is 357 g/mol. The van der Waals surface area contributed by atoms with Crippen molar-refractivity contribution in [3.63, 3.8) is 0 Å². The summed E-state index contributed by atoms with van der Waals surface area (Å²) in [7, 11) is 1.62. The van der Waals surface area contributed by atoms with Gasteiger partial charge in [-0.3, -0.25) is 14.3 Å². The highest BCUT2D eigenvalue weighted by Gasteiger charge is 2.19. The fraction of sp³-hybridized carbons (Fsp3) is 0.278. The van der Waals surface area contributed by atoms with E-state index in [2.05, 4.69) is 5.10 Å². The van der Waals surface area contributed by atoms with E-state index in [-0.39, 0.29) is 18.9 Å². The number of rotatable bonds is 6. The van der Waals surface area contributed by atoms with E-state index in [0.29, 0.717) is 11.4 Å². The van der Waals surface area contributed by atoms with Crippen LogP contribution in [0.4, 0.5) is 0 Å². The standard InChI is InChI=1S/C18H19N3O3S/c1-12-14-10-15(17(24)20(2)9-8-16(22)23)25-18(14)21(19-12)11-13-6-4-3-5-7-13/h3-7,10H,8-9,11H2,1-2H3,(H,22,23). The Morgan fingerprint density at radius 1 is 1.28 bits per heavy atom. The molecule has 0 bridgehead atoms. The predicted molar refractivity (Wildman–Crippen MR) is 97.1 cm³/mol. The highest BCUT2D eigenvalue weighted by molar-refractivity contribution is 7.20. The molecule has 0 saturated carbocycles. The summed E-state index contributed by atoms with van der Waals surface area (Å²) in [4.78, 5) is 26.2. The van der Waals surface area contributed by atoms with Gasteiger partial charge in [0.2, 0.25) is 0 Å². The summed E-state index contributed by atoms with van der Waals surface area (Å²) in [6.45, 7) is 2.77. The summed E-state index contributed by atoms with van der Waals surface area (Å²) in [6, 6.07) is 11.9. The Balaban J connectivity index is 1.86. The molecule has 1 amide bonds. The minimum absolute atomic E-state index is 0.0616. The molecule has 1 aromatic carbocycles. The van der Waals surface area contributed by atoms with Crippen LogP contribution in [0.1, 0.15) is 27.3 Å². The second-order valence-corrected chi connectivity index (χ2v) is 6.96. The van der Waals surface area contributed by atoms with Gasteiger partial charge < -0.3 is 10.0 Å². The number of carbonyl (C=O) groups is 2. The molecule has 25 heavy (non-hydrogen) atoms. The molecule has 3 rings (SSSR count). The maximum atomic E-state index is 12.5. The van der Waals surface area contributed by atoms with Crippen LogP contribution in [0.15, 0.2) is 36.4 Å². The number of benzene rings is 1. The molecule has 130 valence electrons. The lowest BCUT2D eigenvalue weighted by Gasteiger charge is -2.14. The van der Waals surface area contributed by atoms with Gasteiger partial charge in [-0.05, 0) is 18.6 Å². The van der Waals surface area contributed by atoms with E-state index < -0.39 is 5.97 Å². The van der Waals surface area contributed by atoms with Crippen LogP contribution in [0.25, 0.3) is 10.2 Å². The summed E-state index contributed by atoms with van der Waals surface area (Å²) in [5.41, 5.74) is 2.03. The number of aryl methyl sites for hydroxylation is 1. The van der Waals surface area contributed by atoms with E-state index in [9.17, 15) is 9.59 Å². The molecule has 0 aliphatic rings. The molecule has 0 spiro atoms. The number of fused-ring (bicyclic) bond motifs is 1. The van der Waals surface area contributed by atoms with Crippen molar-refractivity contribution in [2.75, 3.05) is 13.6 Å². The molecule has 0 radical (unpaired) electrons. The van der Waals surface area contributed by atoms with E-state index in [1.807, 2.05) is 48.0 Å². The van der Waals surface area contributed by atoms with Gasteiger partial charge in [0.25, 0.3) is 5.91 Å². The van der Waals surface area contributed by atoms with E-state index in [0.717, 1.165) is 21.5 Å². The zero-order valence-corrected chi connectivity index (χ0v) is 14.9. The van der Waals surface area contributed by atoms with E-state index in [1.165, 1.54) is 16.2 Å². The first kappa shape index (κ1) is 17.2. The molecule has 6 nitrogen and oxygen atoms in total. The first-order valence-corrected chi connectivity index (χ1v) is 8.75. The molecular formula is C18H19N3O3S. The molecule has 2 aromatic heterocycles. The minimum atomic E-state index is -0.912. The van der Waals surface area contributed by atoms with Gasteiger partial charge >= 0.3 is 5.97 Å². The number of nitrogens with zero attached hydrogens (tertiary/aromatic N) is 3. The highest BCUT2D eigenvalue weighted by Crippen LogP contribution is 2.29. The summed E-state index contributed by atoms with van der Waals surface area (Å²) in [6.07, 6.45) is -0.0616. The van der Waals surface area contributed by atoms with Gasteiger partial charge in [0.05, 0.1) is 23.5 Å². The monoisotopic (exact) mass is 357 g/mol. The van der Waals surface area contributed by atoms with Gasteiger partial charge in [-0.1, -0.05) is 30.3 Å². The third-order valence-corrected chi connectivity index (χ3v) is 5.14. The minimum Gasteiger partial charge on any atom is -0.481 e. The first-order chi connectivity index (χ1) is 12.0. The maximum absolute atomic E-state index is 12.5. The van der Waals surface area contributed by atoms with Crippen molar-refractivity contribution >= 4 is 33.4 Å². The van der Waals surface area contributed by atoms with Crippen LogP contribution in [-0.4, -0.2) is 45.3 Å². The Bertz CT molecular complexity index is 914. The number of thiophene rings is 1. The van der Waals surface area contributed by atoms with Crippen molar-refractivity contribution in [1.29, 1.82) is 0 Å². The number of hydrogen-bond donors (Lipinski definition) is 1. The topological polar surface area (TPSA) is 75.4 Å². The summed E-state index contributed by atoms with van der Waals surface area (Å²) >= 11 is 1.40. The Morgan fingerprint density at radius 2 is 2.00 bits per heavy atom. The Morgan fingerprint density at radius 3 is 2.68 bits per heavy atom. The molecule has 0 fully saturated rings. The van der Waals surface area contributed by atoms with Crippen LogP contribution in [0, 0.1) is 6.92 Å². The van der Waals surface area contributed by atoms with Gasteiger partial charge in [0.1, 0.15) is 4.83 Å². The Hall–Kier alpha value is -2.67. The number of hydrogen-bond acceptors (Lipinski definition) is 4. The fourth-order valence-corrected chi connectivity index (χ4v) is 3.79. The molecule has 1 N–H and O–H groups in total. The molecule has 0 saturated heterocycles. The highest BCUT2D eigenvalue weighted by atomic mass is 32.1. The second kappa shape index (κ2) is 7.06. The van der Waals surface area contributed by atoms with Crippen LogP contribution >= 0.6 is 11.3 Å². The molecule has 7 heteroatoms. The van der Waals surface area contributed by atoms with Crippen molar-refractivity contribution in [2.24, 2.45) is 0 Å². The van der Waals surface area contributed by atoms with Crippen LogP contribution in [0.5, 0.6) is 0 Å². The van der Waals surface area contributed by atoms with E-state index in [4.69, 9.17) is 5.11 Å². The normalized spacial score (nSPS) is 11.0. The number of amides is 1. The molecular weight excluding hydrogens is 338 g/mol. The number of aliphatic carboxylic acids is 1. The molecule has 0 unspecified atom stereocenters. The van der Waals surface area contributed by atoms with Crippen molar-refractivity contribution in [2.45, 2.75) is 19.9 Å². The predicted octanol–water partition coefficient (Wildman–Crippen LogP) is 3.00. The Kier molecular flexibility index (Phi) is 4.85. The van der Waals surface area contributed by atoms with Crippen LogP contribution in [-0.2, 0) is 11.3 Å². The summed E-state index contributed by atoms with van der Waals surface area (Å²) in [5.74, 6) is -1.07. The smallest absolute Gasteiger partial charge is 0.305 e. The summed E-state index contributed by atoms with van der Waals surface area (Å²) < 4.78 is 1.92. The van der Waals surface area contributed by atoms with Crippen molar-refractivity contribution in [1.82, 2.24) is 14.7 Å². The van der Waals surface area contributed by atoms with Crippen LogP contribution < -0.4 is 0 Å². The molecule has 0 aliphatic heterocycles. The lowest BCUT2D eigenvalue weighted by atomic mass is 10.2. The average Bonchev–Trinajstić information content (AvgIpc) is 3.15. The third-order valence-electron chi connectivity index (χ3n) is 4.00. The molecule has 0 aliphatic carbocycles. The molecule has 3 aromatic rings. The first-order valence-electron chi connectivity index (χ1n) is 7.94. The van der Waals surface area contributed by atoms with E-state index in [1.54, 1.807) is 7.05 Å². The zero-order chi connectivity index (χ0) is 18.0. The molecule has 2 heterocycles.